The van der Waals surface area contributed by atoms with Crippen molar-refractivity contribution in [3.63, 3.8) is 0 Å². The van der Waals surface area contributed by atoms with Crippen LogP contribution in [-0.2, 0) is 4.79 Å². The fourth-order valence-electron chi connectivity index (χ4n) is 4.09. The van der Waals surface area contributed by atoms with E-state index in [4.69, 9.17) is 21.3 Å². The van der Waals surface area contributed by atoms with Crippen molar-refractivity contribution in [3.05, 3.63) is 57.0 Å². The quantitative estimate of drug-likeness (QED) is 0.306. The number of carbonyl (C=O) groups is 1. The molecule has 0 spiro atoms. The molecule has 2 aliphatic rings. The number of nitrogens with one attached hydrogen (secondary N) is 3. The Labute approximate surface area is 195 Å². The van der Waals surface area contributed by atoms with E-state index < -0.39 is 0 Å². The van der Waals surface area contributed by atoms with Gasteiger partial charge < -0.3 is 20.7 Å². The van der Waals surface area contributed by atoms with Crippen molar-refractivity contribution >= 4 is 45.5 Å². The highest BCUT2D eigenvalue weighted by molar-refractivity contribution is 9.10. The van der Waals surface area contributed by atoms with Gasteiger partial charge in [-0.3, -0.25) is 9.79 Å². The van der Waals surface area contributed by atoms with Gasteiger partial charge in [0.05, 0.1) is 5.02 Å². The van der Waals surface area contributed by atoms with Crippen LogP contribution in [0.1, 0.15) is 36.9 Å². The lowest BCUT2D eigenvalue weighted by atomic mass is 9.98. The molecule has 2 aromatic carbocycles. The number of piperidine rings is 1. The molecule has 2 heterocycles. The van der Waals surface area contributed by atoms with Crippen molar-refractivity contribution in [2.45, 2.75) is 31.9 Å². The number of nitrogens with zero attached hydrogens (tertiary/aromatic N) is 1. The minimum atomic E-state index is -0.247. The summed E-state index contributed by atoms with van der Waals surface area (Å²) in [5.41, 5.74) is 2.62. The fourth-order valence-corrected chi connectivity index (χ4v) is 4.74. The summed E-state index contributed by atoms with van der Waals surface area (Å²) in [6.07, 6.45) is 2.83. The van der Waals surface area contributed by atoms with Gasteiger partial charge in [0, 0.05) is 27.8 Å². The molecule has 1 saturated heterocycles. The van der Waals surface area contributed by atoms with Crippen molar-refractivity contribution in [1.82, 2.24) is 10.6 Å². The van der Waals surface area contributed by atoms with Gasteiger partial charge in [-0.25, -0.2) is 0 Å². The first kappa shape index (κ1) is 22.1. The minimum Gasteiger partial charge on any atom is -0.488 e. The van der Waals surface area contributed by atoms with Crippen molar-refractivity contribution in [2.24, 2.45) is 10.9 Å². The summed E-state index contributed by atoms with van der Waals surface area (Å²) in [4.78, 5) is 16.1. The van der Waals surface area contributed by atoms with E-state index in [0.717, 1.165) is 41.1 Å². The van der Waals surface area contributed by atoms with Crippen LogP contribution in [0.5, 0.6) is 5.75 Å². The number of hydrogen-bond acceptors (Lipinski definition) is 5. The van der Waals surface area contributed by atoms with Crippen LogP contribution < -0.4 is 20.7 Å². The Morgan fingerprint density at radius 3 is 2.84 bits per heavy atom. The standard InChI is InChI=1S/C23H26BrClN4O2/c1-14-22(19-10-16(24)2-5-21(19)31-14)29-23(28-13-30)18-4-3-17(11-20(18)25)27-12-15-6-8-26-9-7-15/h2-5,10-11,13-15,22,26-27H,6-9,12H2,1H3,(H,28,29,30). The van der Waals surface area contributed by atoms with Gasteiger partial charge in [-0.05, 0) is 75.2 Å². The maximum absolute atomic E-state index is 11.3. The molecule has 0 aliphatic carbocycles. The smallest absolute Gasteiger partial charge is 0.212 e. The molecule has 0 bridgehead atoms. The van der Waals surface area contributed by atoms with E-state index in [1.807, 2.05) is 43.3 Å². The van der Waals surface area contributed by atoms with Gasteiger partial charge in [-0.15, -0.1) is 0 Å². The number of carbonyl (C=O) groups excluding carboxylic acids is 1. The molecule has 3 N–H and O–H groups in total. The number of anilines is 1. The maximum atomic E-state index is 11.3. The molecule has 2 atom stereocenters. The Bertz CT molecular complexity index is 978. The molecule has 164 valence electrons. The van der Waals surface area contributed by atoms with Gasteiger partial charge in [-0.1, -0.05) is 27.5 Å². The maximum Gasteiger partial charge on any atom is 0.212 e. The van der Waals surface area contributed by atoms with Crippen LogP contribution in [0.3, 0.4) is 0 Å². The normalized spacial score (nSPS) is 21.3. The zero-order chi connectivity index (χ0) is 21.8. The number of amides is 1. The minimum absolute atomic E-state index is 0.155. The van der Waals surface area contributed by atoms with Gasteiger partial charge in [0.2, 0.25) is 6.41 Å². The third-order valence-electron chi connectivity index (χ3n) is 5.79. The summed E-state index contributed by atoms with van der Waals surface area (Å²) in [6.45, 7) is 5.04. The highest BCUT2D eigenvalue weighted by atomic mass is 79.9. The molecular weight excluding hydrogens is 480 g/mol. The molecule has 1 amide bonds. The van der Waals surface area contributed by atoms with E-state index in [1.54, 1.807) is 0 Å². The van der Waals surface area contributed by atoms with Crippen LogP contribution in [0.4, 0.5) is 5.69 Å². The molecular formula is C23H26BrClN4O2. The second-order valence-electron chi connectivity index (χ2n) is 7.96. The number of aliphatic imine (C=N–C) groups is 1. The number of benzene rings is 2. The number of fused-ring (bicyclic) bond motifs is 1. The zero-order valence-corrected chi connectivity index (χ0v) is 19.7. The second kappa shape index (κ2) is 10.0. The van der Waals surface area contributed by atoms with Crippen molar-refractivity contribution in [1.29, 1.82) is 0 Å². The summed E-state index contributed by atoms with van der Waals surface area (Å²) in [5, 5.41) is 10.1. The first-order chi connectivity index (χ1) is 15.0. The molecule has 31 heavy (non-hydrogen) atoms. The number of ether oxygens (including phenoxy) is 1. The average Bonchev–Trinajstić information content (AvgIpc) is 3.07. The van der Waals surface area contributed by atoms with Crippen LogP contribution in [0.2, 0.25) is 5.02 Å². The van der Waals surface area contributed by atoms with Gasteiger partial charge >= 0.3 is 0 Å². The van der Waals surface area contributed by atoms with E-state index in [-0.39, 0.29) is 12.1 Å². The van der Waals surface area contributed by atoms with Gasteiger partial charge in [0.15, 0.2) is 0 Å². The van der Waals surface area contributed by atoms with E-state index in [1.165, 1.54) is 12.8 Å². The van der Waals surface area contributed by atoms with Crippen LogP contribution in [0.15, 0.2) is 45.9 Å². The van der Waals surface area contributed by atoms with Crippen molar-refractivity contribution in [3.8, 4) is 5.75 Å². The van der Waals surface area contributed by atoms with Gasteiger partial charge in [-0.2, -0.15) is 0 Å². The van der Waals surface area contributed by atoms with E-state index in [2.05, 4.69) is 31.9 Å². The number of hydrogen-bond donors (Lipinski definition) is 3. The molecule has 0 aromatic heterocycles. The van der Waals surface area contributed by atoms with E-state index >= 15 is 0 Å². The number of amidine groups is 1. The van der Waals surface area contributed by atoms with Crippen LogP contribution >= 0.6 is 27.5 Å². The first-order valence-electron chi connectivity index (χ1n) is 10.5. The highest BCUT2D eigenvalue weighted by Gasteiger charge is 2.32. The number of halogens is 2. The molecule has 2 unspecified atom stereocenters. The predicted molar refractivity (Wildman–Crippen MR) is 128 cm³/mol. The van der Waals surface area contributed by atoms with Crippen molar-refractivity contribution < 1.29 is 9.53 Å². The summed E-state index contributed by atoms with van der Waals surface area (Å²) in [6, 6.07) is 11.4. The lowest BCUT2D eigenvalue weighted by Crippen LogP contribution is -2.31. The van der Waals surface area contributed by atoms with Gasteiger partial charge in [0.25, 0.3) is 0 Å². The average molecular weight is 506 g/mol. The zero-order valence-electron chi connectivity index (χ0n) is 17.3. The molecule has 0 radical (unpaired) electrons. The largest absolute Gasteiger partial charge is 0.488 e. The van der Waals surface area contributed by atoms with E-state index in [9.17, 15) is 4.79 Å². The predicted octanol–water partition coefficient (Wildman–Crippen LogP) is 4.53. The Balaban J connectivity index is 1.55. The lowest BCUT2D eigenvalue weighted by Gasteiger charge is -2.23. The second-order valence-corrected chi connectivity index (χ2v) is 9.28. The Morgan fingerprint density at radius 1 is 1.29 bits per heavy atom. The van der Waals surface area contributed by atoms with Crippen LogP contribution in [-0.4, -0.2) is 38.0 Å². The molecule has 2 aliphatic heterocycles. The molecule has 0 saturated carbocycles. The summed E-state index contributed by atoms with van der Waals surface area (Å²) < 4.78 is 6.89. The topological polar surface area (TPSA) is 74.8 Å². The SMILES string of the molecule is CC1Oc2ccc(Br)cc2C1N=C(NC=O)c1ccc(NCC2CCNCC2)cc1Cl. The van der Waals surface area contributed by atoms with Gasteiger partial charge in [0.1, 0.15) is 23.7 Å². The summed E-state index contributed by atoms with van der Waals surface area (Å²) >= 11 is 10.1. The third kappa shape index (κ3) is 5.22. The third-order valence-corrected chi connectivity index (χ3v) is 6.60. The molecule has 1 fully saturated rings. The molecule has 8 heteroatoms. The molecule has 6 nitrogen and oxygen atoms in total. The van der Waals surface area contributed by atoms with Crippen LogP contribution in [0, 0.1) is 5.92 Å². The summed E-state index contributed by atoms with van der Waals surface area (Å²) in [5.74, 6) is 1.90. The molecule has 4 rings (SSSR count). The molecule has 2 aromatic rings. The fraction of sp³-hybridized carbons (Fsp3) is 0.391. The Morgan fingerprint density at radius 2 is 2.10 bits per heavy atom. The Hall–Kier alpha value is -2.09. The first-order valence-corrected chi connectivity index (χ1v) is 11.7. The lowest BCUT2D eigenvalue weighted by molar-refractivity contribution is -0.108. The van der Waals surface area contributed by atoms with E-state index in [0.29, 0.717) is 28.7 Å². The highest BCUT2D eigenvalue weighted by Crippen LogP contribution is 2.40. The van der Waals surface area contributed by atoms with Crippen molar-refractivity contribution in [2.75, 3.05) is 25.0 Å². The monoisotopic (exact) mass is 504 g/mol. The number of rotatable bonds is 6. The summed E-state index contributed by atoms with van der Waals surface area (Å²) in [7, 11) is 0. The Kier molecular flexibility index (Phi) is 7.15. The van der Waals surface area contributed by atoms with Crippen LogP contribution in [0.25, 0.3) is 0 Å².